The van der Waals surface area contributed by atoms with Gasteiger partial charge in [-0.15, -0.1) is 0 Å². The average molecular weight is 193 g/mol. The number of benzene rings is 1. The summed E-state index contributed by atoms with van der Waals surface area (Å²) in [6.07, 6.45) is 0. The molecule has 0 saturated heterocycles. The molecule has 2 atom stereocenters. The van der Waals surface area contributed by atoms with E-state index in [-0.39, 0.29) is 23.3 Å². The molecule has 0 aliphatic carbocycles. The number of rotatable bonds is 4. The van der Waals surface area contributed by atoms with Crippen molar-refractivity contribution in [2.75, 3.05) is 6.54 Å². The van der Waals surface area contributed by atoms with E-state index < -0.39 is 0 Å². The van der Waals surface area contributed by atoms with Gasteiger partial charge < -0.3 is 0 Å². The van der Waals surface area contributed by atoms with Crippen LogP contribution in [0.5, 0.6) is 0 Å². The van der Waals surface area contributed by atoms with Crippen molar-refractivity contribution in [2.45, 2.75) is 19.8 Å². The van der Waals surface area contributed by atoms with Crippen molar-refractivity contribution >= 4 is 0 Å². The van der Waals surface area contributed by atoms with Crippen molar-refractivity contribution in [2.24, 2.45) is 5.92 Å². The third-order valence-corrected chi connectivity index (χ3v) is 2.62. The predicted octanol–water partition coefficient (Wildman–Crippen LogP) is 2.70. The Morgan fingerprint density at radius 1 is 1.29 bits per heavy atom. The highest BCUT2D eigenvalue weighted by Gasteiger charge is 2.18. The van der Waals surface area contributed by atoms with Crippen molar-refractivity contribution in [1.82, 2.24) is 0 Å². The molecule has 1 aromatic rings. The van der Waals surface area contributed by atoms with Crippen LogP contribution in [0.3, 0.4) is 0 Å². The molecular weight excluding hydrogens is 178 g/mol. The molecule has 0 heterocycles. The van der Waals surface area contributed by atoms with Gasteiger partial charge in [-0.1, -0.05) is 44.2 Å². The molecule has 2 unspecified atom stereocenters. The molecule has 0 spiro atoms. The molecule has 0 aliphatic heterocycles. The van der Waals surface area contributed by atoms with Gasteiger partial charge in [0.25, 0.3) is 0 Å². The second-order valence-corrected chi connectivity index (χ2v) is 3.69. The standard InChI is InChI=1S/C11H15NO2/c1-9(8-12(13)14)10(2)11-6-4-3-5-7-11/h3-7,9-10H,8H2,1-2H3. The predicted molar refractivity (Wildman–Crippen MR) is 55.9 cm³/mol. The molecule has 14 heavy (non-hydrogen) atoms. The highest BCUT2D eigenvalue weighted by Crippen LogP contribution is 2.23. The fourth-order valence-electron chi connectivity index (χ4n) is 1.48. The third kappa shape index (κ3) is 2.83. The molecule has 0 aromatic heterocycles. The summed E-state index contributed by atoms with van der Waals surface area (Å²) in [5.74, 6) is 0.314. The highest BCUT2D eigenvalue weighted by atomic mass is 16.6. The van der Waals surface area contributed by atoms with Gasteiger partial charge in [0.15, 0.2) is 0 Å². The summed E-state index contributed by atoms with van der Waals surface area (Å²) < 4.78 is 0. The Morgan fingerprint density at radius 2 is 1.86 bits per heavy atom. The van der Waals surface area contributed by atoms with Gasteiger partial charge >= 0.3 is 0 Å². The molecule has 76 valence electrons. The fourth-order valence-corrected chi connectivity index (χ4v) is 1.48. The SMILES string of the molecule is CC(C[N+](=O)[O-])C(C)c1ccccc1. The number of hydrogen-bond donors (Lipinski definition) is 0. The van der Waals surface area contributed by atoms with E-state index in [1.165, 1.54) is 5.56 Å². The summed E-state index contributed by atoms with van der Waals surface area (Å²) in [7, 11) is 0. The molecule has 0 N–H and O–H groups in total. The molecule has 1 aromatic carbocycles. The lowest BCUT2D eigenvalue weighted by Crippen LogP contribution is -2.16. The smallest absolute Gasteiger partial charge is 0.206 e. The summed E-state index contributed by atoms with van der Waals surface area (Å²) >= 11 is 0. The van der Waals surface area contributed by atoms with Crippen molar-refractivity contribution < 1.29 is 4.92 Å². The van der Waals surface area contributed by atoms with Crippen molar-refractivity contribution in [1.29, 1.82) is 0 Å². The topological polar surface area (TPSA) is 43.1 Å². The van der Waals surface area contributed by atoms with Gasteiger partial charge in [0.05, 0.1) is 0 Å². The van der Waals surface area contributed by atoms with E-state index in [1.807, 2.05) is 44.2 Å². The van der Waals surface area contributed by atoms with Crippen LogP contribution >= 0.6 is 0 Å². The Kier molecular flexibility index (Phi) is 3.63. The van der Waals surface area contributed by atoms with Crippen LogP contribution in [0.4, 0.5) is 0 Å². The lowest BCUT2D eigenvalue weighted by atomic mass is 9.89. The minimum absolute atomic E-state index is 0.0378. The Morgan fingerprint density at radius 3 is 2.36 bits per heavy atom. The fraction of sp³-hybridized carbons (Fsp3) is 0.455. The molecule has 1 rings (SSSR count). The molecule has 3 nitrogen and oxygen atoms in total. The first-order valence-corrected chi connectivity index (χ1v) is 4.78. The maximum Gasteiger partial charge on any atom is 0.206 e. The molecular formula is C11H15NO2. The maximum absolute atomic E-state index is 10.4. The minimum Gasteiger partial charge on any atom is -0.265 e. The van der Waals surface area contributed by atoms with E-state index in [9.17, 15) is 10.1 Å². The van der Waals surface area contributed by atoms with Crippen LogP contribution in [0.25, 0.3) is 0 Å². The van der Waals surface area contributed by atoms with Crippen molar-refractivity contribution in [3.05, 3.63) is 46.0 Å². The molecule has 0 bridgehead atoms. The maximum atomic E-state index is 10.4. The van der Waals surface area contributed by atoms with E-state index in [0.29, 0.717) is 0 Å². The first kappa shape index (κ1) is 10.7. The Bertz CT molecular complexity index is 297. The van der Waals surface area contributed by atoms with Crippen molar-refractivity contribution in [3.8, 4) is 0 Å². The van der Waals surface area contributed by atoms with E-state index >= 15 is 0 Å². The minimum atomic E-state index is -0.246. The summed E-state index contributed by atoms with van der Waals surface area (Å²) in [5, 5.41) is 10.4. The third-order valence-electron chi connectivity index (χ3n) is 2.62. The lowest BCUT2D eigenvalue weighted by Gasteiger charge is -2.16. The Labute approximate surface area is 83.9 Å². The average Bonchev–Trinajstić information content (AvgIpc) is 2.17. The molecule has 0 fully saturated rings. The van der Waals surface area contributed by atoms with Gasteiger partial charge in [-0.05, 0) is 11.5 Å². The monoisotopic (exact) mass is 193 g/mol. The second-order valence-electron chi connectivity index (χ2n) is 3.69. The van der Waals surface area contributed by atoms with E-state index in [0.717, 1.165) is 0 Å². The van der Waals surface area contributed by atoms with Crippen molar-refractivity contribution in [3.63, 3.8) is 0 Å². The lowest BCUT2D eigenvalue weighted by molar-refractivity contribution is -0.488. The van der Waals surface area contributed by atoms with Crippen LogP contribution in [0.1, 0.15) is 25.3 Å². The number of nitro groups is 1. The van der Waals surface area contributed by atoms with Crippen LogP contribution < -0.4 is 0 Å². The Balaban J connectivity index is 2.65. The summed E-state index contributed by atoms with van der Waals surface area (Å²) in [6.45, 7) is 3.99. The van der Waals surface area contributed by atoms with Gasteiger partial charge in [0, 0.05) is 10.8 Å². The van der Waals surface area contributed by atoms with E-state index in [4.69, 9.17) is 0 Å². The van der Waals surface area contributed by atoms with Gasteiger partial charge in [-0.2, -0.15) is 0 Å². The zero-order valence-electron chi connectivity index (χ0n) is 8.51. The van der Waals surface area contributed by atoms with E-state index in [1.54, 1.807) is 0 Å². The zero-order chi connectivity index (χ0) is 10.6. The van der Waals surface area contributed by atoms with Gasteiger partial charge in [-0.3, -0.25) is 10.1 Å². The quantitative estimate of drug-likeness (QED) is 0.545. The van der Waals surface area contributed by atoms with E-state index in [2.05, 4.69) is 0 Å². The largest absolute Gasteiger partial charge is 0.265 e. The van der Waals surface area contributed by atoms with Crippen LogP contribution in [0, 0.1) is 16.0 Å². The summed E-state index contributed by atoms with van der Waals surface area (Å²) in [4.78, 5) is 10.1. The normalized spacial score (nSPS) is 14.7. The number of hydrogen-bond acceptors (Lipinski definition) is 2. The highest BCUT2D eigenvalue weighted by molar-refractivity contribution is 5.19. The summed E-state index contributed by atoms with van der Waals surface area (Å²) in [6, 6.07) is 9.91. The Hall–Kier alpha value is -1.38. The molecule has 0 radical (unpaired) electrons. The first-order valence-electron chi connectivity index (χ1n) is 4.78. The molecule has 0 aliphatic rings. The zero-order valence-corrected chi connectivity index (χ0v) is 8.51. The molecule has 0 saturated carbocycles. The first-order chi connectivity index (χ1) is 6.61. The van der Waals surface area contributed by atoms with Gasteiger partial charge in [0.1, 0.15) is 0 Å². The van der Waals surface area contributed by atoms with Crippen LogP contribution in [-0.4, -0.2) is 11.5 Å². The summed E-state index contributed by atoms with van der Waals surface area (Å²) in [5.41, 5.74) is 1.17. The van der Waals surface area contributed by atoms with Crippen LogP contribution in [0.2, 0.25) is 0 Å². The van der Waals surface area contributed by atoms with Gasteiger partial charge in [0.2, 0.25) is 6.54 Å². The molecule has 3 heteroatoms. The van der Waals surface area contributed by atoms with Crippen LogP contribution in [-0.2, 0) is 0 Å². The molecule has 0 amide bonds. The number of nitrogens with zero attached hydrogens (tertiary/aromatic N) is 1. The second kappa shape index (κ2) is 4.74. The van der Waals surface area contributed by atoms with Crippen LogP contribution in [0.15, 0.2) is 30.3 Å². The van der Waals surface area contributed by atoms with Gasteiger partial charge in [-0.25, -0.2) is 0 Å².